The minimum Gasteiger partial charge on any atom is -0.320 e. The standard InChI is InChI=1S/C5H9F3NO3S/c1-4(9(2)3)12-13(10,11)5(6,7)8/h1-3H3/q+1. The molecule has 0 saturated carbocycles. The van der Waals surface area contributed by atoms with Gasteiger partial charge in [-0.05, 0) is 0 Å². The third-order valence-electron chi connectivity index (χ3n) is 1.14. The first-order chi connectivity index (χ1) is 5.58. The van der Waals surface area contributed by atoms with Crippen LogP contribution in [0.3, 0.4) is 0 Å². The summed E-state index contributed by atoms with van der Waals surface area (Å²) in [5.74, 6) is -0.350. The highest BCUT2D eigenvalue weighted by atomic mass is 32.2. The summed E-state index contributed by atoms with van der Waals surface area (Å²) < 4.78 is 60.7. The lowest BCUT2D eigenvalue weighted by Crippen LogP contribution is -2.29. The molecule has 0 aliphatic carbocycles. The maximum atomic E-state index is 11.7. The molecular formula is C5H9F3NO3S+. The third-order valence-corrected chi connectivity index (χ3v) is 2.17. The Kier molecular flexibility index (Phi) is 3.31. The van der Waals surface area contributed by atoms with Crippen molar-refractivity contribution < 1.29 is 30.3 Å². The molecule has 0 aliphatic rings. The minimum atomic E-state index is -5.52. The molecule has 0 radical (unpaired) electrons. The zero-order chi connectivity index (χ0) is 10.9. The molecule has 8 heteroatoms. The second kappa shape index (κ2) is 3.52. The number of hydrogen-bond acceptors (Lipinski definition) is 3. The van der Waals surface area contributed by atoms with Gasteiger partial charge in [-0.1, -0.05) is 0 Å². The van der Waals surface area contributed by atoms with E-state index in [2.05, 4.69) is 4.18 Å². The summed E-state index contributed by atoms with van der Waals surface area (Å²) >= 11 is 0. The van der Waals surface area contributed by atoms with E-state index in [4.69, 9.17) is 0 Å². The lowest BCUT2D eigenvalue weighted by atomic mass is 10.7. The Bertz CT molecular complexity index is 312. The van der Waals surface area contributed by atoms with Crippen LogP contribution in [0.5, 0.6) is 0 Å². The van der Waals surface area contributed by atoms with Gasteiger partial charge in [0.1, 0.15) is 14.1 Å². The van der Waals surface area contributed by atoms with Gasteiger partial charge >= 0.3 is 21.5 Å². The van der Waals surface area contributed by atoms with E-state index in [0.717, 1.165) is 11.5 Å². The largest absolute Gasteiger partial charge is 0.534 e. The maximum Gasteiger partial charge on any atom is 0.534 e. The summed E-state index contributed by atoms with van der Waals surface area (Å²) in [6, 6.07) is 0. The van der Waals surface area contributed by atoms with E-state index in [9.17, 15) is 21.6 Å². The van der Waals surface area contributed by atoms with Crippen LogP contribution in [0.1, 0.15) is 6.92 Å². The van der Waals surface area contributed by atoms with Crippen molar-refractivity contribution in [2.24, 2.45) is 0 Å². The smallest absolute Gasteiger partial charge is 0.320 e. The topological polar surface area (TPSA) is 46.4 Å². The summed E-state index contributed by atoms with van der Waals surface area (Å²) in [6.07, 6.45) is 0. The zero-order valence-electron chi connectivity index (χ0n) is 7.21. The predicted octanol–water partition coefficient (Wildman–Crippen LogP) is 0.543. The molecule has 0 unspecified atom stereocenters. The Labute approximate surface area is 73.7 Å². The highest BCUT2D eigenvalue weighted by Crippen LogP contribution is 2.24. The number of nitrogens with zero attached hydrogens (tertiary/aromatic N) is 1. The summed E-state index contributed by atoms with van der Waals surface area (Å²) in [5.41, 5.74) is -5.38. The second-order valence-corrected chi connectivity index (χ2v) is 3.93. The van der Waals surface area contributed by atoms with E-state index >= 15 is 0 Å². The molecule has 4 nitrogen and oxygen atoms in total. The van der Waals surface area contributed by atoms with Gasteiger partial charge in [-0.3, -0.25) is 0 Å². The van der Waals surface area contributed by atoms with Crippen molar-refractivity contribution in [2.45, 2.75) is 12.4 Å². The van der Waals surface area contributed by atoms with E-state index in [1.54, 1.807) is 0 Å². The first kappa shape index (κ1) is 12.2. The summed E-state index contributed by atoms with van der Waals surface area (Å²) in [4.78, 5) is 0. The van der Waals surface area contributed by atoms with Crippen LogP contribution in [-0.2, 0) is 14.3 Å². The average Bonchev–Trinajstić information content (AvgIpc) is 1.83. The van der Waals surface area contributed by atoms with E-state index in [1.807, 2.05) is 0 Å². The fraction of sp³-hybridized carbons (Fsp3) is 0.800. The number of alkyl halides is 3. The molecule has 0 spiro atoms. The normalized spacial score (nSPS) is 12.5. The Balaban J connectivity index is 4.86. The van der Waals surface area contributed by atoms with Crippen molar-refractivity contribution in [3.05, 3.63) is 0 Å². The molecule has 0 saturated heterocycles. The molecular weight excluding hydrogens is 211 g/mol. The molecule has 0 atom stereocenters. The van der Waals surface area contributed by atoms with Crippen LogP contribution in [0.2, 0.25) is 0 Å². The summed E-state index contributed by atoms with van der Waals surface area (Å²) in [5, 5.41) is 0. The van der Waals surface area contributed by atoms with Gasteiger partial charge in [0.15, 0.2) is 0 Å². The van der Waals surface area contributed by atoms with Crippen LogP contribution in [-0.4, -0.2) is 38.5 Å². The van der Waals surface area contributed by atoms with Crippen molar-refractivity contribution >= 4 is 16.0 Å². The van der Waals surface area contributed by atoms with Gasteiger partial charge in [0.25, 0.3) is 0 Å². The quantitative estimate of drug-likeness (QED) is 0.213. The van der Waals surface area contributed by atoms with Crippen LogP contribution in [0.25, 0.3) is 0 Å². The van der Waals surface area contributed by atoms with Gasteiger partial charge in [-0.25, -0.2) is 4.58 Å². The van der Waals surface area contributed by atoms with Crippen LogP contribution < -0.4 is 0 Å². The van der Waals surface area contributed by atoms with Gasteiger partial charge < -0.3 is 4.18 Å². The zero-order valence-corrected chi connectivity index (χ0v) is 8.03. The lowest BCUT2D eigenvalue weighted by Gasteiger charge is -2.06. The number of rotatable bonds is 1. The average molecular weight is 220 g/mol. The first-order valence-electron chi connectivity index (χ1n) is 3.09. The van der Waals surface area contributed by atoms with E-state index < -0.39 is 15.6 Å². The summed E-state index contributed by atoms with van der Waals surface area (Å²) in [6.45, 7) is 1.11. The fourth-order valence-corrected chi connectivity index (χ4v) is 0.842. The van der Waals surface area contributed by atoms with Gasteiger partial charge in [-0.2, -0.15) is 21.6 Å². The number of hydrogen-bond donors (Lipinski definition) is 0. The lowest BCUT2D eigenvalue weighted by molar-refractivity contribution is -0.472. The van der Waals surface area contributed by atoms with Crippen LogP contribution in [0.15, 0.2) is 0 Å². The predicted molar refractivity (Wildman–Crippen MR) is 38.8 cm³/mol. The van der Waals surface area contributed by atoms with Crippen molar-refractivity contribution in [2.75, 3.05) is 14.1 Å². The van der Waals surface area contributed by atoms with Crippen molar-refractivity contribution in [3.8, 4) is 0 Å². The first-order valence-corrected chi connectivity index (χ1v) is 4.50. The van der Waals surface area contributed by atoms with Crippen molar-refractivity contribution in [3.63, 3.8) is 0 Å². The molecule has 0 aromatic rings. The third kappa shape index (κ3) is 3.21. The van der Waals surface area contributed by atoms with Crippen molar-refractivity contribution in [1.29, 1.82) is 0 Å². The van der Waals surface area contributed by atoms with Gasteiger partial charge in [0, 0.05) is 0 Å². The maximum absolute atomic E-state index is 11.7. The molecule has 78 valence electrons. The monoisotopic (exact) mass is 220 g/mol. The van der Waals surface area contributed by atoms with Crippen LogP contribution in [0, 0.1) is 0 Å². The van der Waals surface area contributed by atoms with Crippen molar-refractivity contribution in [1.82, 2.24) is 0 Å². The Morgan fingerprint density at radius 2 is 1.69 bits per heavy atom. The molecule has 0 aromatic heterocycles. The second-order valence-electron chi connectivity index (χ2n) is 2.40. The molecule has 0 heterocycles. The molecule has 0 aliphatic heterocycles. The van der Waals surface area contributed by atoms with Crippen LogP contribution >= 0.6 is 0 Å². The molecule has 0 rings (SSSR count). The number of halogens is 3. The van der Waals surface area contributed by atoms with Gasteiger partial charge in [0.05, 0.1) is 6.92 Å². The highest BCUT2D eigenvalue weighted by molar-refractivity contribution is 7.88. The van der Waals surface area contributed by atoms with Crippen LogP contribution in [0.4, 0.5) is 13.2 Å². The summed E-state index contributed by atoms with van der Waals surface area (Å²) in [7, 11) is -2.80. The van der Waals surface area contributed by atoms with Gasteiger partial charge in [0.2, 0.25) is 0 Å². The molecule has 0 amide bonds. The minimum absolute atomic E-state index is 0.350. The molecule has 0 N–H and O–H groups in total. The molecule has 0 fully saturated rings. The van der Waals surface area contributed by atoms with E-state index in [1.165, 1.54) is 14.1 Å². The molecule has 13 heavy (non-hydrogen) atoms. The fourth-order valence-electron chi connectivity index (χ4n) is 0.281. The Morgan fingerprint density at radius 1 is 1.31 bits per heavy atom. The SMILES string of the molecule is CC(OS(=O)(=O)C(F)(F)F)=[N+](C)C. The van der Waals surface area contributed by atoms with E-state index in [-0.39, 0.29) is 5.90 Å². The Morgan fingerprint density at radius 3 is 1.92 bits per heavy atom. The van der Waals surface area contributed by atoms with Gasteiger partial charge in [-0.15, -0.1) is 0 Å². The Hall–Kier alpha value is -0.790. The van der Waals surface area contributed by atoms with E-state index in [0.29, 0.717) is 0 Å². The molecule has 0 aromatic carbocycles. The molecule has 0 bridgehead atoms. The highest BCUT2D eigenvalue weighted by Gasteiger charge is 2.49.